The predicted octanol–water partition coefficient (Wildman–Crippen LogP) is 22.9. The summed E-state index contributed by atoms with van der Waals surface area (Å²) in [4.78, 5) is 38.4. The fraction of sp³-hybridized carbons (Fsp3) is 0.662. The first-order valence-corrected chi connectivity index (χ1v) is 33.2. The summed E-state index contributed by atoms with van der Waals surface area (Å²) in [5.74, 6) is -0.958. The van der Waals surface area contributed by atoms with Crippen molar-refractivity contribution in [3.05, 3.63) is 134 Å². The van der Waals surface area contributed by atoms with E-state index in [1.54, 1.807) is 0 Å². The van der Waals surface area contributed by atoms with Gasteiger partial charge in [-0.1, -0.05) is 270 Å². The van der Waals surface area contributed by atoms with E-state index in [0.29, 0.717) is 25.7 Å². The lowest BCUT2D eigenvalue weighted by molar-refractivity contribution is -0.167. The van der Waals surface area contributed by atoms with Crippen LogP contribution in [0.1, 0.15) is 297 Å². The Morgan fingerprint density at radius 1 is 0.263 bits per heavy atom. The highest BCUT2D eigenvalue weighted by Crippen LogP contribution is 2.15. The third-order valence-corrected chi connectivity index (χ3v) is 13.9. The van der Waals surface area contributed by atoms with E-state index in [2.05, 4.69) is 154 Å². The van der Waals surface area contributed by atoms with Gasteiger partial charge in [0, 0.05) is 19.3 Å². The van der Waals surface area contributed by atoms with Gasteiger partial charge >= 0.3 is 17.9 Å². The third kappa shape index (κ3) is 64.4. The number of unbranched alkanes of at least 4 members (excludes halogenated alkanes) is 26. The van der Waals surface area contributed by atoms with Crippen molar-refractivity contribution in [2.45, 2.75) is 303 Å². The zero-order valence-electron chi connectivity index (χ0n) is 52.0. The van der Waals surface area contributed by atoms with Gasteiger partial charge in [-0.05, 0) is 141 Å². The van der Waals surface area contributed by atoms with Crippen LogP contribution in [0.4, 0.5) is 0 Å². The number of hydrogen-bond acceptors (Lipinski definition) is 6. The molecule has 6 heteroatoms. The summed E-state index contributed by atoms with van der Waals surface area (Å²) in [5.41, 5.74) is 0. The second-order valence-corrected chi connectivity index (χ2v) is 21.6. The van der Waals surface area contributed by atoms with Gasteiger partial charge in [0.15, 0.2) is 6.10 Å². The molecule has 0 rings (SSSR count). The molecule has 0 saturated heterocycles. The van der Waals surface area contributed by atoms with Crippen LogP contribution in [0.25, 0.3) is 0 Å². The minimum atomic E-state index is -0.809. The van der Waals surface area contributed by atoms with Crippen LogP contribution in [0.5, 0.6) is 0 Å². The molecule has 0 heterocycles. The SMILES string of the molecule is CC/C=C\C/C=C\C/C=C\C/C=C\C/C=C\C/C=C\C/C=C\C/C=C\CCCCC(=O)OCC(COC(=O)CCCCCCC/C=C\C/C=C\CCCCCC)OC(=O)CCCCCCCCCCC/C=C\CCCCCCCC. The fourth-order valence-corrected chi connectivity index (χ4v) is 8.89. The van der Waals surface area contributed by atoms with Gasteiger partial charge < -0.3 is 14.2 Å². The van der Waals surface area contributed by atoms with Crippen molar-refractivity contribution in [1.82, 2.24) is 0 Å². The summed E-state index contributed by atoms with van der Waals surface area (Å²) in [5, 5.41) is 0. The summed E-state index contributed by atoms with van der Waals surface area (Å²) in [6.07, 6.45) is 94.6. The number of allylic oxidation sites excluding steroid dienone is 22. The molecular formula is C74H122O6. The molecule has 0 aromatic carbocycles. The van der Waals surface area contributed by atoms with E-state index in [0.717, 1.165) is 128 Å². The van der Waals surface area contributed by atoms with Crippen LogP contribution >= 0.6 is 0 Å². The van der Waals surface area contributed by atoms with Crippen molar-refractivity contribution >= 4 is 17.9 Å². The summed E-state index contributed by atoms with van der Waals surface area (Å²) in [7, 11) is 0. The normalized spacial score (nSPS) is 13.0. The number of carbonyl (C=O) groups excluding carboxylic acids is 3. The number of hydrogen-bond donors (Lipinski definition) is 0. The maximum Gasteiger partial charge on any atom is 0.306 e. The number of carbonyl (C=O) groups is 3. The maximum absolute atomic E-state index is 12.9. The highest BCUT2D eigenvalue weighted by atomic mass is 16.6. The summed E-state index contributed by atoms with van der Waals surface area (Å²) >= 11 is 0. The van der Waals surface area contributed by atoms with Crippen molar-refractivity contribution < 1.29 is 28.6 Å². The highest BCUT2D eigenvalue weighted by Gasteiger charge is 2.19. The lowest BCUT2D eigenvalue weighted by Crippen LogP contribution is -2.30. The molecule has 0 bridgehead atoms. The van der Waals surface area contributed by atoms with Crippen LogP contribution < -0.4 is 0 Å². The van der Waals surface area contributed by atoms with Gasteiger partial charge in [-0.15, -0.1) is 0 Å². The van der Waals surface area contributed by atoms with Crippen LogP contribution in [-0.2, 0) is 28.6 Å². The molecule has 0 aliphatic carbocycles. The molecule has 0 radical (unpaired) electrons. The van der Waals surface area contributed by atoms with Crippen LogP contribution in [0, 0.1) is 0 Å². The van der Waals surface area contributed by atoms with E-state index in [4.69, 9.17) is 14.2 Å². The minimum absolute atomic E-state index is 0.103. The van der Waals surface area contributed by atoms with E-state index < -0.39 is 6.10 Å². The molecule has 0 aromatic rings. The van der Waals surface area contributed by atoms with Crippen molar-refractivity contribution in [2.75, 3.05) is 13.2 Å². The van der Waals surface area contributed by atoms with Crippen molar-refractivity contribution in [2.24, 2.45) is 0 Å². The van der Waals surface area contributed by atoms with Gasteiger partial charge in [0.25, 0.3) is 0 Å². The zero-order chi connectivity index (χ0) is 57.8. The van der Waals surface area contributed by atoms with Gasteiger partial charge in [0.05, 0.1) is 0 Å². The Balaban J connectivity index is 4.48. The molecule has 0 fully saturated rings. The van der Waals surface area contributed by atoms with Crippen molar-refractivity contribution in [3.63, 3.8) is 0 Å². The molecule has 6 nitrogen and oxygen atoms in total. The quantitative estimate of drug-likeness (QED) is 0.0261. The van der Waals surface area contributed by atoms with E-state index in [9.17, 15) is 14.4 Å². The van der Waals surface area contributed by atoms with Crippen LogP contribution in [-0.4, -0.2) is 37.2 Å². The first-order chi connectivity index (χ1) is 39.5. The average Bonchev–Trinajstić information content (AvgIpc) is 3.46. The summed E-state index contributed by atoms with van der Waals surface area (Å²) in [6, 6.07) is 0. The van der Waals surface area contributed by atoms with Crippen LogP contribution in [0.3, 0.4) is 0 Å². The number of esters is 3. The molecule has 1 unspecified atom stereocenters. The lowest BCUT2D eigenvalue weighted by atomic mass is 10.1. The Hall–Kier alpha value is -4.45. The van der Waals surface area contributed by atoms with Gasteiger partial charge in [0.2, 0.25) is 0 Å². The Bertz CT molecular complexity index is 1700. The first kappa shape index (κ1) is 75.5. The van der Waals surface area contributed by atoms with Gasteiger partial charge in [0.1, 0.15) is 13.2 Å². The summed E-state index contributed by atoms with van der Waals surface area (Å²) < 4.78 is 16.9. The van der Waals surface area contributed by atoms with Crippen LogP contribution in [0.2, 0.25) is 0 Å². The van der Waals surface area contributed by atoms with Crippen molar-refractivity contribution in [1.29, 1.82) is 0 Å². The van der Waals surface area contributed by atoms with E-state index in [1.165, 1.54) is 122 Å². The fourth-order valence-electron chi connectivity index (χ4n) is 8.89. The van der Waals surface area contributed by atoms with Crippen molar-refractivity contribution in [3.8, 4) is 0 Å². The molecule has 454 valence electrons. The minimum Gasteiger partial charge on any atom is -0.462 e. The lowest BCUT2D eigenvalue weighted by Gasteiger charge is -2.18. The number of rotatable bonds is 59. The Labute approximate surface area is 494 Å². The van der Waals surface area contributed by atoms with Gasteiger partial charge in [-0.3, -0.25) is 14.4 Å². The molecular weight excluding hydrogens is 985 g/mol. The largest absolute Gasteiger partial charge is 0.462 e. The molecule has 0 aliphatic heterocycles. The first-order valence-electron chi connectivity index (χ1n) is 33.2. The monoisotopic (exact) mass is 1110 g/mol. The third-order valence-electron chi connectivity index (χ3n) is 13.9. The Morgan fingerprint density at radius 3 is 0.812 bits per heavy atom. The number of ether oxygens (including phenoxy) is 3. The molecule has 80 heavy (non-hydrogen) atoms. The second kappa shape index (κ2) is 67.1. The molecule has 0 saturated carbocycles. The highest BCUT2D eigenvalue weighted by molar-refractivity contribution is 5.71. The second-order valence-electron chi connectivity index (χ2n) is 21.6. The van der Waals surface area contributed by atoms with E-state index in [-0.39, 0.29) is 31.1 Å². The molecule has 0 amide bonds. The Kier molecular flexibility index (Phi) is 63.3. The standard InChI is InChI=1S/C74H122O6/c1-4-7-10-13-16-19-22-25-28-31-33-34-35-36-37-38-39-40-42-43-46-49-52-55-58-61-64-67-73(76)79-70-71(69-78-72(75)66-63-60-57-54-51-48-45-30-27-24-21-18-15-12-9-6-3)80-74(77)68-65-62-59-56-53-50-47-44-41-32-29-26-23-20-17-14-11-8-5-2/h7,10,16,19,21,24-26,28-30,33-34,36-37,39-40,43,45-46,52,55,71H,4-6,8-9,11-15,17-18,20,22-23,27,31-32,35,38,41-42,44,47-51,53-54,56-70H2,1-3H3/b10-7-,19-16-,24-21-,28-25-,29-26-,34-33-,37-36-,40-39-,45-30-,46-43-,55-52-. The van der Waals surface area contributed by atoms with E-state index >= 15 is 0 Å². The van der Waals surface area contributed by atoms with Gasteiger partial charge in [-0.25, -0.2) is 0 Å². The predicted molar refractivity (Wildman–Crippen MR) is 348 cm³/mol. The van der Waals surface area contributed by atoms with Crippen LogP contribution in [0.15, 0.2) is 134 Å². The van der Waals surface area contributed by atoms with Gasteiger partial charge in [-0.2, -0.15) is 0 Å². The molecule has 0 aliphatic rings. The average molecular weight is 1110 g/mol. The molecule has 1 atom stereocenters. The topological polar surface area (TPSA) is 78.9 Å². The zero-order valence-corrected chi connectivity index (χ0v) is 52.0. The molecule has 0 N–H and O–H groups in total. The summed E-state index contributed by atoms with van der Waals surface area (Å²) in [6.45, 7) is 6.47. The molecule has 0 spiro atoms. The maximum atomic E-state index is 12.9. The van der Waals surface area contributed by atoms with E-state index in [1.807, 2.05) is 0 Å². The Morgan fingerprint density at radius 2 is 0.487 bits per heavy atom. The molecule has 0 aromatic heterocycles. The smallest absolute Gasteiger partial charge is 0.306 e.